The summed E-state index contributed by atoms with van der Waals surface area (Å²) in [6.07, 6.45) is 2.33. The molecule has 0 unspecified atom stereocenters. The molecule has 2 heteroatoms. The van der Waals surface area contributed by atoms with Gasteiger partial charge in [0.25, 0.3) is 0 Å². The van der Waals surface area contributed by atoms with Crippen LogP contribution in [0.1, 0.15) is 18.4 Å². The molecule has 3 N–H and O–H groups in total. The van der Waals surface area contributed by atoms with E-state index in [1.54, 1.807) is 6.07 Å². The monoisotopic (exact) mass is 213 g/mol. The molecule has 2 aromatic rings. The Labute approximate surface area is 94.7 Å². The summed E-state index contributed by atoms with van der Waals surface area (Å²) in [6, 6.07) is 11.8. The Morgan fingerprint density at radius 1 is 1.19 bits per heavy atom. The lowest BCUT2D eigenvalue weighted by atomic mass is 9.91. The Balaban J connectivity index is 2.28. The predicted molar refractivity (Wildman–Crippen MR) is 65.6 cm³/mol. The predicted octanol–water partition coefficient (Wildman–Crippen LogP) is 2.54. The van der Waals surface area contributed by atoms with E-state index in [1.165, 1.54) is 10.9 Å². The molecule has 0 heterocycles. The molecule has 82 valence electrons. The van der Waals surface area contributed by atoms with Gasteiger partial charge in [-0.05, 0) is 41.3 Å². The summed E-state index contributed by atoms with van der Waals surface area (Å²) < 4.78 is 0. The SMILES string of the molecule is NCC1(c2cccc3ccc(O)cc23)CC1. The molecule has 1 aliphatic carbocycles. The number of phenolic OH excluding ortho intramolecular Hbond substituents is 1. The molecule has 0 radical (unpaired) electrons. The number of benzene rings is 2. The van der Waals surface area contributed by atoms with Crippen LogP contribution in [0.5, 0.6) is 5.75 Å². The minimum Gasteiger partial charge on any atom is -0.508 e. The van der Waals surface area contributed by atoms with E-state index in [4.69, 9.17) is 5.73 Å². The van der Waals surface area contributed by atoms with Crippen LogP contribution in [-0.2, 0) is 5.41 Å². The van der Waals surface area contributed by atoms with Crippen molar-refractivity contribution in [2.45, 2.75) is 18.3 Å². The minimum absolute atomic E-state index is 0.174. The fourth-order valence-electron chi connectivity index (χ4n) is 2.46. The second-order valence-corrected chi connectivity index (χ2v) is 4.70. The molecule has 1 aliphatic rings. The van der Waals surface area contributed by atoms with E-state index >= 15 is 0 Å². The van der Waals surface area contributed by atoms with E-state index in [1.807, 2.05) is 12.1 Å². The van der Waals surface area contributed by atoms with Crippen LogP contribution in [-0.4, -0.2) is 11.7 Å². The molecule has 0 saturated heterocycles. The Hall–Kier alpha value is -1.54. The molecular weight excluding hydrogens is 198 g/mol. The lowest BCUT2D eigenvalue weighted by Crippen LogP contribution is -2.19. The molecule has 0 aromatic heterocycles. The molecule has 0 bridgehead atoms. The van der Waals surface area contributed by atoms with Crippen molar-refractivity contribution in [1.82, 2.24) is 0 Å². The normalized spacial score (nSPS) is 17.6. The highest BCUT2D eigenvalue weighted by Crippen LogP contribution is 2.49. The Kier molecular flexibility index (Phi) is 1.95. The summed E-state index contributed by atoms with van der Waals surface area (Å²) in [5, 5.41) is 11.9. The van der Waals surface area contributed by atoms with E-state index in [0.29, 0.717) is 12.3 Å². The van der Waals surface area contributed by atoms with Crippen LogP contribution in [0.3, 0.4) is 0 Å². The molecule has 16 heavy (non-hydrogen) atoms. The van der Waals surface area contributed by atoms with Crippen LogP contribution >= 0.6 is 0 Å². The summed E-state index contributed by atoms with van der Waals surface area (Å²) in [7, 11) is 0. The number of rotatable bonds is 2. The highest BCUT2D eigenvalue weighted by atomic mass is 16.3. The first-order valence-electron chi connectivity index (χ1n) is 5.67. The fraction of sp³-hybridized carbons (Fsp3) is 0.286. The van der Waals surface area contributed by atoms with Gasteiger partial charge < -0.3 is 10.8 Å². The molecule has 1 saturated carbocycles. The van der Waals surface area contributed by atoms with Gasteiger partial charge in [0.2, 0.25) is 0 Å². The first-order valence-corrected chi connectivity index (χ1v) is 5.67. The molecule has 2 aromatic carbocycles. The maximum atomic E-state index is 9.58. The average Bonchev–Trinajstić information content (AvgIpc) is 3.09. The van der Waals surface area contributed by atoms with Gasteiger partial charge in [-0.15, -0.1) is 0 Å². The maximum Gasteiger partial charge on any atom is 0.116 e. The summed E-state index contributed by atoms with van der Waals surface area (Å²) >= 11 is 0. The smallest absolute Gasteiger partial charge is 0.116 e. The van der Waals surface area contributed by atoms with Gasteiger partial charge in [0.15, 0.2) is 0 Å². The van der Waals surface area contributed by atoms with Crippen LogP contribution in [0.2, 0.25) is 0 Å². The van der Waals surface area contributed by atoms with E-state index in [9.17, 15) is 5.11 Å². The van der Waals surface area contributed by atoms with Crippen molar-refractivity contribution in [2.24, 2.45) is 5.73 Å². The molecule has 0 atom stereocenters. The Morgan fingerprint density at radius 2 is 2.00 bits per heavy atom. The van der Waals surface area contributed by atoms with E-state index < -0.39 is 0 Å². The number of hydrogen-bond acceptors (Lipinski definition) is 2. The zero-order valence-corrected chi connectivity index (χ0v) is 9.11. The number of nitrogens with two attached hydrogens (primary N) is 1. The summed E-state index contributed by atoms with van der Waals surface area (Å²) in [5.41, 5.74) is 7.34. The third-order valence-electron chi connectivity index (χ3n) is 3.68. The minimum atomic E-state index is 0.174. The quantitative estimate of drug-likeness (QED) is 0.805. The van der Waals surface area contributed by atoms with Gasteiger partial charge in [-0.3, -0.25) is 0 Å². The van der Waals surface area contributed by atoms with Crippen molar-refractivity contribution in [3.63, 3.8) is 0 Å². The zero-order valence-electron chi connectivity index (χ0n) is 9.11. The first kappa shape index (κ1) is 9.67. The largest absolute Gasteiger partial charge is 0.508 e. The van der Waals surface area contributed by atoms with Gasteiger partial charge >= 0.3 is 0 Å². The molecule has 0 spiro atoms. The maximum absolute atomic E-state index is 9.58. The van der Waals surface area contributed by atoms with Crippen molar-refractivity contribution in [3.8, 4) is 5.75 Å². The van der Waals surface area contributed by atoms with Crippen molar-refractivity contribution >= 4 is 10.8 Å². The van der Waals surface area contributed by atoms with Crippen LogP contribution < -0.4 is 5.73 Å². The summed E-state index contributed by atoms with van der Waals surface area (Å²) in [6.45, 7) is 0.696. The van der Waals surface area contributed by atoms with E-state index in [2.05, 4.69) is 18.2 Å². The number of aromatic hydroxyl groups is 1. The van der Waals surface area contributed by atoms with Crippen molar-refractivity contribution in [3.05, 3.63) is 42.0 Å². The van der Waals surface area contributed by atoms with Gasteiger partial charge in [-0.25, -0.2) is 0 Å². The van der Waals surface area contributed by atoms with Gasteiger partial charge in [0, 0.05) is 12.0 Å². The molecule has 2 nitrogen and oxygen atoms in total. The molecule has 1 fully saturated rings. The van der Waals surface area contributed by atoms with Gasteiger partial charge in [0.05, 0.1) is 0 Å². The highest BCUT2D eigenvalue weighted by molar-refractivity contribution is 5.88. The third kappa shape index (κ3) is 1.30. The van der Waals surface area contributed by atoms with Gasteiger partial charge in [0.1, 0.15) is 5.75 Å². The second-order valence-electron chi connectivity index (χ2n) is 4.70. The lowest BCUT2D eigenvalue weighted by Gasteiger charge is -2.15. The lowest BCUT2D eigenvalue weighted by molar-refractivity contribution is 0.476. The first-order chi connectivity index (χ1) is 7.75. The van der Waals surface area contributed by atoms with Crippen molar-refractivity contribution in [1.29, 1.82) is 0 Å². The van der Waals surface area contributed by atoms with Crippen LogP contribution in [0.4, 0.5) is 0 Å². The third-order valence-corrected chi connectivity index (χ3v) is 3.68. The van der Waals surface area contributed by atoms with Crippen molar-refractivity contribution < 1.29 is 5.11 Å². The molecule has 3 rings (SSSR count). The number of fused-ring (bicyclic) bond motifs is 1. The Bertz CT molecular complexity index is 543. The topological polar surface area (TPSA) is 46.2 Å². The number of phenols is 1. The van der Waals surface area contributed by atoms with Gasteiger partial charge in [-0.2, -0.15) is 0 Å². The van der Waals surface area contributed by atoms with Crippen LogP contribution in [0.25, 0.3) is 10.8 Å². The zero-order chi connectivity index (χ0) is 11.2. The van der Waals surface area contributed by atoms with E-state index in [-0.39, 0.29) is 5.41 Å². The van der Waals surface area contributed by atoms with Crippen LogP contribution in [0, 0.1) is 0 Å². The van der Waals surface area contributed by atoms with E-state index in [0.717, 1.165) is 18.2 Å². The number of hydrogen-bond donors (Lipinski definition) is 2. The second kappa shape index (κ2) is 3.22. The molecule has 0 aliphatic heterocycles. The summed E-state index contributed by atoms with van der Waals surface area (Å²) in [4.78, 5) is 0. The van der Waals surface area contributed by atoms with Crippen molar-refractivity contribution in [2.75, 3.05) is 6.54 Å². The average molecular weight is 213 g/mol. The Morgan fingerprint density at radius 3 is 2.69 bits per heavy atom. The molecular formula is C14H15NO. The van der Waals surface area contributed by atoms with Gasteiger partial charge in [-0.1, -0.05) is 24.3 Å². The highest BCUT2D eigenvalue weighted by Gasteiger charge is 2.43. The fourth-order valence-corrected chi connectivity index (χ4v) is 2.46. The van der Waals surface area contributed by atoms with Crippen LogP contribution in [0.15, 0.2) is 36.4 Å². The summed E-state index contributed by atoms with van der Waals surface area (Å²) in [5.74, 6) is 0.327. The standard InChI is InChI=1S/C14H15NO/c15-9-14(6-7-14)13-3-1-2-10-4-5-11(16)8-12(10)13/h1-5,8,16H,6-7,9,15H2. The molecule has 0 amide bonds.